The topological polar surface area (TPSA) is 0 Å². The van der Waals surface area contributed by atoms with Gasteiger partial charge in [0.25, 0.3) is 0 Å². The summed E-state index contributed by atoms with van der Waals surface area (Å²) in [4.78, 5) is 0. The van der Waals surface area contributed by atoms with Crippen LogP contribution in [0.2, 0.25) is 0 Å². The molecular formula is C7H17S. The van der Waals surface area contributed by atoms with Crippen LogP contribution in [0.5, 0.6) is 0 Å². The fourth-order valence-electron chi connectivity index (χ4n) is 0.744. The van der Waals surface area contributed by atoms with Gasteiger partial charge in [0.15, 0.2) is 0 Å². The molecule has 0 aliphatic carbocycles. The van der Waals surface area contributed by atoms with Gasteiger partial charge in [-0.15, -0.1) is 0 Å². The third-order valence-electron chi connectivity index (χ3n) is 1.08. The molecule has 1 radical (unpaired) electrons. The van der Waals surface area contributed by atoms with Crippen LogP contribution in [0.1, 0.15) is 26.7 Å². The molecule has 8 heavy (non-hydrogen) atoms. The Morgan fingerprint density at radius 3 is 1.75 bits per heavy atom. The van der Waals surface area contributed by atoms with Crippen LogP contribution < -0.4 is 0 Å². The van der Waals surface area contributed by atoms with Gasteiger partial charge in [-0.25, -0.2) is 0 Å². The van der Waals surface area contributed by atoms with Crippen LogP contribution in [-0.4, -0.2) is 11.5 Å². The summed E-state index contributed by atoms with van der Waals surface area (Å²) in [7, 11) is 0.169. The van der Waals surface area contributed by atoms with Crippen molar-refractivity contribution in [3.63, 3.8) is 0 Å². The highest BCUT2D eigenvalue weighted by Gasteiger charge is 1.90. The quantitative estimate of drug-likeness (QED) is 0.560. The third-order valence-corrected chi connectivity index (χ3v) is 3.24. The number of hydrogen-bond donors (Lipinski definition) is 1. The molecule has 0 spiro atoms. The summed E-state index contributed by atoms with van der Waals surface area (Å²) in [6.45, 7) is 4.46. The van der Waals surface area contributed by atoms with Crippen molar-refractivity contribution in [2.75, 3.05) is 11.5 Å². The van der Waals surface area contributed by atoms with Gasteiger partial charge < -0.3 is 0 Å². The van der Waals surface area contributed by atoms with Crippen molar-refractivity contribution in [1.82, 2.24) is 0 Å². The molecule has 0 aliphatic heterocycles. The summed E-state index contributed by atoms with van der Waals surface area (Å²) in [5, 5.41) is 0. The number of thiol groups is 1. The Kier molecular flexibility index (Phi) is 5.73. The van der Waals surface area contributed by atoms with Crippen LogP contribution in [0.25, 0.3) is 0 Å². The molecule has 0 saturated carbocycles. The van der Waals surface area contributed by atoms with E-state index in [4.69, 9.17) is 0 Å². The Morgan fingerprint density at radius 1 is 1.12 bits per heavy atom. The smallest absolute Gasteiger partial charge is 0.0178 e. The van der Waals surface area contributed by atoms with E-state index in [1.54, 1.807) is 0 Å². The van der Waals surface area contributed by atoms with Gasteiger partial charge in [-0.3, -0.25) is 10.9 Å². The van der Waals surface area contributed by atoms with Gasteiger partial charge in [0.2, 0.25) is 0 Å². The molecule has 0 unspecified atom stereocenters. The van der Waals surface area contributed by atoms with E-state index in [1.165, 1.54) is 24.3 Å². The standard InChI is InChI=1S/C7H17S/c1-4-6-8(3)7-5-2/h8H,3-7H2,1-2H3. The summed E-state index contributed by atoms with van der Waals surface area (Å²) in [5.41, 5.74) is 0. The minimum absolute atomic E-state index is 0.169. The predicted octanol–water partition coefficient (Wildman–Crippen LogP) is 2.60. The first-order chi connectivity index (χ1) is 3.81. The molecule has 51 valence electrons. The SMILES string of the molecule is [CH2][SH](CCC)CCC. The first-order valence-electron chi connectivity index (χ1n) is 3.36. The molecule has 0 amide bonds. The van der Waals surface area contributed by atoms with E-state index in [0.29, 0.717) is 0 Å². The maximum absolute atomic E-state index is 4.08. The van der Waals surface area contributed by atoms with E-state index < -0.39 is 0 Å². The van der Waals surface area contributed by atoms with E-state index in [9.17, 15) is 0 Å². The predicted molar refractivity (Wildman–Crippen MR) is 44.7 cm³/mol. The van der Waals surface area contributed by atoms with Gasteiger partial charge in [0.1, 0.15) is 0 Å². The Balaban J connectivity index is 2.92. The van der Waals surface area contributed by atoms with E-state index in [1.807, 2.05) is 0 Å². The van der Waals surface area contributed by atoms with Crippen LogP contribution in [0.3, 0.4) is 0 Å². The van der Waals surface area contributed by atoms with Crippen LogP contribution >= 0.6 is 10.9 Å². The molecule has 0 aromatic carbocycles. The average molecular weight is 133 g/mol. The molecule has 0 fully saturated rings. The molecular weight excluding hydrogens is 116 g/mol. The van der Waals surface area contributed by atoms with Crippen molar-refractivity contribution in [3.05, 3.63) is 6.26 Å². The monoisotopic (exact) mass is 133 g/mol. The highest BCUT2D eigenvalue weighted by molar-refractivity contribution is 8.18. The van der Waals surface area contributed by atoms with Crippen molar-refractivity contribution >= 4 is 10.9 Å². The normalized spacial score (nSPS) is 11.6. The largest absolute Gasteiger partial charge is 0.253 e. The summed E-state index contributed by atoms with van der Waals surface area (Å²) >= 11 is 0. The van der Waals surface area contributed by atoms with Crippen molar-refractivity contribution < 1.29 is 0 Å². The van der Waals surface area contributed by atoms with Gasteiger partial charge in [0, 0.05) is 0 Å². The summed E-state index contributed by atoms with van der Waals surface area (Å²) in [6, 6.07) is 0. The molecule has 0 rings (SSSR count). The minimum atomic E-state index is 0.169. The van der Waals surface area contributed by atoms with Crippen molar-refractivity contribution in [1.29, 1.82) is 0 Å². The summed E-state index contributed by atoms with van der Waals surface area (Å²) in [5.74, 6) is 2.73. The lowest BCUT2D eigenvalue weighted by atomic mass is 10.6. The molecule has 1 heteroatoms. The van der Waals surface area contributed by atoms with Crippen LogP contribution in [0, 0.1) is 6.26 Å². The Bertz CT molecular complexity index is 37.7. The number of rotatable bonds is 4. The summed E-state index contributed by atoms with van der Waals surface area (Å²) < 4.78 is 0. The van der Waals surface area contributed by atoms with Gasteiger partial charge in [0.05, 0.1) is 0 Å². The molecule has 0 aromatic rings. The first kappa shape index (κ1) is 8.35. The lowest BCUT2D eigenvalue weighted by Gasteiger charge is -2.11. The van der Waals surface area contributed by atoms with Gasteiger partial charge in [-0.2, -0.15) is 0 Å². The maximum atomic E-state index is 4.08. The molecule has 0 bridgehead atoms. The zero-order valence-corrected chi connectivity index (χ0v) is 6.88. The second kappa shape index (κ2) is 5.49. The molecule has 0 N–H and O–H groups in total. The Labute approximate surface area is 56.0 Å². The third kappa shape index (κ3) is 4.51. The van der Waals surface area contributed by atoms with E-state index in [0.717, 1.165) is 0 Å². The van der Waals surface area contributed by atoms with Crippen LogP contribution in [-0.2, 0) is 0 Å². The van der Waals surface area contributed by atoms with Gasteiger partial charge in [-0.05, 0) is 30.6 Å². The van der Waals surface area contributed by atoms with Gasteiger partial charge in [-0.1, -0.05) is 13.8 Å². The van der Waals surface area contributed by atoms with Crippen molar-refractivity contribution in [2.24, 2.45) is 0 Å². The molecule has 0 aliphatic rings. The molecule has 0 aromatic heterocycles. The average Bonchev–Trinajstić information content (AvgIpc) is 1.68. The first-order valence-corrected chi connectivity index (χ1v) is 5.26. The van der Waals surface area contributed by atoms with Crippen molar-refractivity contribution in [2.45, 2.75) is 26.7 Å². The molecule has 0 saturated heterocycles. The minimum Gasteiger partial charge on any atom is -0.253 e. The van der Waals surface area contributed by atoms with Crippen molar-refractivity contribution in [3.8, 4) is 0 Å². The second-order valence-electron chi connectivity index (χ2n) is 2.12. The highest BCUT2D eigenvalue weighted by atomic mass is 32.2. The summed E-state index contributed by atoms with van der Waals surface area (Å²) in [6.07, 6.45) is 6.71. The Morgan fingerprint density at radius 2 is 1.50 bits per heavy atom. The zero-order valence-electron chi connectivity index (χ0n) is 5.98. The van der Waals surface area contributed by atoms with Crippen LogP contribution in [0.4, 0.5) is 0 Å². The van der Waals surface area contributed by atoms with Crippen LogP contribution in [0.15, 0.2) is 0 Å². The second-order valence-corrected chi connectivity index (χ2v) is 4.35. The van der Waals surface area contributed by atoms with E-state index in [-0.39, 0.29) is 10.9 Å². The lowest BCUT2D eigenvalue weighted by molar-refractivity contribution is 1.07. The fraction of sp³-hybridized carbons (Fsp3) is 0.857. The van der Waals surface area contributed by atoms with Gasteiger partial charge >= 0.3 is 0 Å². The van der Waals surface area contributed by atoms with E-state index in [2.05, 4.69) is 20.1 Å². The highest BCUT2D eigenvalue weighted by Crippen LogP contribution is 2.23. The lowest BCUT2D eigenvalue weighted by Crippen LogP contribution is -1.86. The molecule has 0 atom stereocenters. The zero-order chi connectivity index (χ0) is 6.41. The Hall–Kier alpha value is 0.350. The number of hydrogen-bond acceptors (Lipinski definition) is 0. The molecule has 0 heterocycles. The fourth-order valence-corrected chi connectivity index (χ4v) is 2.23. The molecule has 0 nitrogen and oxygen atoms in total. The van der Waals surface area contributed by atoms with E-state index >= 15 is 0 Å². The maximum Gasteiger partial charge on any atom is -0.0178 e.